The summed E-state index contributed by atoms with van der Waals surface area (Å²) in [5.41, 5.74) is 3.61. The van der Waals surface area contributed by atoms with Crippen LogP contribution in [0.15, 0.2) is 24.4 Å². The van der Waals surface area contributed by atoms with E-state index < -0.39 is 0 Å². The Hall–Kier alpha value is -2.34. The first-order valence-corrected chi connectivity index (χ1v) is 7.89. The van der Waals surface area contributed by atoms with E-state index in [9.17, 15) is 9.90 Å². The lowest BCUT2D eigenvalue weighted by atomic mass is 9.87. The number of H-pyrrole nitrogens is 1. The van der Waals surface area contributed by atoms with E-state index in [0.717, 1.165) is 18.5 Å². The average Bonchev–Trinajstić information content (AvgIpc) is 3.04. The molecule has 1 amide bonds. The lowest BCUT2D eigenvalue weighted by Crippen LogP contribution is -2.28. The summed E-state index contributed by atoms with van der Waals surface area (Å²) < 4.78 is 5.45. The van der Waals surface area contributed by atoms with Crippen molar-refractivity contribution in [2.75, 3.05) is 11.9 Å². The molecule has 23 heavy (non-hydrogen) atoms. The van der Waals surface area contributed by atoms with Gasteiger partial charge in [0.25, 0.3) is 0 Å². The van der Waals surface area contributed by atoms with E-state index in [-0.39, 0.29) is 18.4 Å². The van der Waals surface area contributed by atoms with Crippen molar-refractivity contribution in [1.29, 1.82) is 0 Å². The number of amides is 1. The molecule has 0 saturated carbocycles. The third kappa shape index (κ3) is 3.37. The number of aryl methyl sites for hydroxylation is 1. The highest BCUT2D eigenvalue weighted by Crippen LogP contribution is 2.27. The number of aliphatic hydroxyl groups excluding tert-OH is 1. The van der Waals surface area contributed by atoms with E-state index in [2.05, 4.69) is 15.5 Å². The smallest absolute Gasteiger partial charge is 0.227 e. The number of nitrogens with zero attached hydrogens (tertiary/aromatic N) is 1. The van der Waals surface area contributed by atoms with Gasteiger partial charge in [-0.3, -0.25) is 9.89 Å². The van der Waals surface area contributed by atoms with Crippen molar-refractivity contribution in [2.45, 2.75) is 32.8 Å². The minimum absolute atomic E-state index is 0.00157. The predicted molar refractivity (Wildman–Crippen MR) is 86.3 cm³/mol. The molecule has 6 heteroatoms. The SMILES string of the molecule is CCOc1ccc(NC(=O)[C@@H]2CCc3cn[nH]c3C2)cc1CO. The number of aliphatic hydroxyl groups is 1. The number of carbonyl (C=O) groups excluding carboxylic acids is 1. The molecule has 3 rings (SSSR count). The third-order valence-electron chi connectivity index (χ3n) is 4.19. The Morgan fingerprint density at radius 2 is 2.39 bits per heavy atom. The number of aromatic nitrogens is 2. The number of fused-ring (bicyclic) bond motifs is 1. The second-order valence-electron chi connectivity index (χ2n) is 5.72. The van der Waals surface area contributed by atoms with Crippen molar-refractivity contribution in [3.8, 4) is 5.75 Å². The largest absolute Gasteiger partial charge is 0.494 e. The van der Waals surface area contributed by atoms with E-state index in [0.29, 0.717) is 30.0 Å². The fourth-order valence-electron chi connectivity index (χ4n) is 2.95. The summed E-state index contributed by atoms with van der Waals surface area (Å²) in [6, 6.07) is 5.33. The van der Waals surface area contributed by atoms with Gasteiger partial charge in [-0.25, -0.2) is 0 Å². The van der Waals surface area contributed by atoms with Gasteiger partial charge in [-0.2, -0.15) is 5.10 Å². The van der Waals surface area contributed by atoms with Gasteiger partial charge in [-0.1, -0.05) is 0 Å². The Morgan fingerprint density at radius 1 is 1.52 bits per heavy atom. The van der Waals surface area contributed by atoms with Crippen LogP contribution in [0.3, 0.4) is 0 Å². The van der Waals surface area contributed by atoms with Crippen molar-refractivity contribution in [3.63, 3.8) is 0 Å². The van der Waals surface area contributed by atoms with Crippen molar-refractivity contribution >= 4 is 11.6 Å². The van der Waals surface area contributed by atoms with Gasteiger partial charge in [0.1, 0.15) is 5.75 Å². The molecule has 1 atom stereocenters. The molecule has 1 aliphatic carbocycles. The zero-order valence-corrected chi connectivity index (χ0v) is 13.1. The number of nitrogens with one attached hydrogen (secondary N) is 2. The molecule has 1 aromatic carbocycles. The molecule has 1 aliphatic rings. The van der Waals surface area contributed by atoms with Crippen LogP contribution in [-0.4, -0.2) is 27.8 Å². The number of anilines is 1. The Balaban J connectivity index is 1.68. The Kier molecular flexibility index (Phi) is 4.62. The van der Waals surface area contributed by atoms with Gasteiger partial charge >= 0.3 is 0 Å². The fraction of sp³-hybridized carbons (Fsp3) is 0.412. The van der Waals surface area contributed by atoms with Crippen LogP contribution in [0.25, 0.3) is 0 Å². The highest BCUT2D eigenvalue weighted by Gasteiger charge is 2.26. The number of aromatic amines is 1. The van der Waals surface area contributed by atoms with Gasteiger partial charge in [0.2, 0.25) is 5.91 Å². The highest BCUT2D eigenvalue weighted by atomic mass is 16.5. The number of hydrogen-bond acceptors (Lipinski definition) is 4. The normalized spacial score (nSPS) is 16.7. The lowest BCUT2D eigenvalue weighted by molar-refractivity contribution is -0.120. The molecule has 6 nitrogen and oxygen atoms in total. The summed E-state index contributed by atoms with van der Waals surface area (Å²) in [7, 11) is 0. The molecule has 0 saturated heterocycles. The number of carbonyl (C=O) groups is 1. The van der Waals surface area contributed by atoms with Gasteiger partial charge < -0.3 is 15.2 Å². The lowest BCUT2D eigenvalue weighted by Gasteiger charge is -2.21. The van der Waals surface area contributed by atoms with Crippen LogP contribution in [0.4, 0.5) is 5.69 Å². The molecule has 1 heterocycles. The minimum Gasteiger partial charge on any atom is -0.494 e. The summed E-state index contributed by atoms with van der Waals surface area (Å²) in [6.07, 6.45) is 4.21. The zero-order chi connectivity index (χ0) is 16.2. The van der Waals surface area contributed by atoms with Crippen molar-refractivity contribution in [2.24, 2.45) is 5.92 Å². The predicted octanol–water partition coefficient (Wildman–Crippen LogP) is 2.04. The molecular weight excluding hydrogens is 294 g/mol. The number of hydrogen-bond donors (Lipinski definition) is 3. The van der Waals surface area contributed by atoms with Crippen LogP contribution < -0.4 is 10.1 Å². The van der Waals surface area contributed by atoms with Gasteiger partial charge in [-0.05, 0) is 43.5 Å². The Bertz CT molecular complexity index is 696. The summed E-state index contributed by atoms with van der Waals surface area (Å²) in [5.74, 6) is 0.582. The maximum absolute atomic E-state index is 12.5. The minimum atomic E-state index is -0.125. The Morgan fingerprint density at radius 3 is 3.17 bits per heavy atom. The second kappa shape index (κ2) is 6.83. The third-order valence-corrected chi connectivity index (χ3v) is 4.19. The van der Waals surface area contributed by atoms with Gasteiger partial charge in [0, 0.05) is 29.3 Å². The van der Waals surface area contributed by atoms with E-state index in [1.165, 1.54) is 5.56 Å². The average molecular weight is 315 g/mol. The standard InChI is InChI=1S/C17H21N3O3/c1-2-23-16-6-5-14(7-13(16)10-21)19-17(22)11-3-4-12-9-18-20-15(12)8-11/h5-7,9,11,21H,2-4,8,10H2,1H3,(H,18,20)(H,19,22)/t11-/m1/s1. The molecular formula is C17H21N3O3. The Labute approximate surface area is 134 Å². The molecule has 122 valence electrons. The van der Waals surface area contributed by atoms with Crippen molar-refractivity contribution in [1.82, 2.24) is 10.2 Å². The molecule has 1 aromatic heterocycles. The van der Waals surface area contributed by atoms with Crippen molar-refractivity contribution < 1.29 is 14.6 Å². The molecule has 3 N–H and O–H groups in total. The van der Waals surface area contributed by atoms with Crippen molar-refractivity contribution in [3.05, 3.63) is 41.2 Å². The number of benzene rings is 1. The van der Waals surface area contributed by atoms with Gasteiger partial charge in [-0.15, -0.1) is 0 Å². The maximum Gasteiger partial charge on any atom is 0.227 e. The molecule has 0 fully saturated rings. The first-order chi connectivity index (χ1) is 11.2. The van der Waals surface area contributed by atoms with Crippen LogP contribution in [0.2, 0.25) is 0 Å². The van der Waals surface area contributed by atoms with E-state index in [1.807, 2.05) is 13.1 Å². The molecule has 0 spiro atoms. The summed E-state index contributed by atoms with van der Waals surface area (Å²) in [5, 5.41) is 19.4. The summed E-state index contributed by atoms with van der Waals surface area (Å²) in [6.45, 7) is 2.30. The monoisotopic (exact) mass is 315 g/mol. The van der Waals surface area contributed by atoms with Crippen LogP contribution >= 0.6 is 0 Å². The van der Waals surface area contributed by atoms with Crippen LogP contribution in [0, 0.1) is 5.92 Å². The molecule has 0 radical (unpaired) electrons. The first kappa shape index (κ1) is 15.6. The molecule has 0 bridgehead atoms. The van der Waals surface area contributed by atoms with Crippen LogP contribution in [0.5, 0.6) is 5.75 Å². The van der Waals surface area contributed by atoms with E-state index >= 15 is 0 Å². The number of ether oxygens (including phenoxy) is 1. The second-order valence-corrected chi connectivity index (χ2v) is 5.72. The highest BCUT2D eigenvalue weighted by molar-refractivity contribution is 5.93. The van der Waals surface area contributed by atoms with Crippen LogP contribution in [0.1, 0.15) is 30.2 Å². The summed E-state index contributed by atoms with van der Waals surface area (Å²) >= 11 is 0. The maximum atomic E-state index is 12.5. The van der Waals surface area contributed by atoms with Gasteiger partial charge in [0.05, 0.1) is 19.4 Å². The number of rotatable bonds is 5. The van der Waals surface area contributed by atoms with Crippen LogP contribution in [-0.2, 0) is 24.2 Å². The molecule has 2 aromatic rings. The van der Waals surface area contributed by atoms with E-state index in [4.69, 9.17) is 4.74 Å². The fourth-order valence-corrected chi connectivity index (χ4v) is 2.95. The van der Waals surface area contributed by atoms with E-state index in [1.54, 1.807) is 18.2 Å². The first-order valence-electron chi connectivity index (χ1n) is 7.89. The zero-order valence-electron chi connectivity index (χ0n) is 13.1. The topological polar surface area (TPSA) is 87.2 Å². The molecule has 0 unspecified atom stereocenters. The molecule has 0 aliphatic heterocycles. The summed E-state index contributed by atoms with van der Waals surface area (Å²) in [4.78, 5) is 12.5. The van der Waals surface area contributed by atoms with Gasteiger partial charge in [0.15, 0.2) is 0 Å². The quantitative estimate of drug-likeness (QED) is 0.788.